The monoisotopic (exact) mass is 360 g/mol. The number of para-hydroxylation sites is 1. The van der Waals surface area contributed by atoms with E-state index in [4.69, 9.17) is 4.98 Å². The van der Waals surface area contributed by atoms with E-state index in [0.717, 1.165) is 31.4 Å². The highest BCUT2D eigenvalue weighted by Gasteiger charge is 2.29. The summed E-state index contributed by atoms with van der Waals surface area (Å²) in [5.74, 6) is 0.205. The fraction of sp³-hybridized carbons (Fsp3) is 0.500. The lowest BCUT2D eigenvalue weighted by Crippen LogP contribution is -2.51. The first-order valence-corrected chi connectivity index (χ1v) is 9.58. The number of benzene rings is 1. The third kappa shape index (κ3) is 4.16. The summed E-state index contributed by atoms with van der Waals surface area (Å²) in [7, 11) is 0. The van der Waals surface area contributed by atoms with Gasteiger partial charge in [-0.05, 0) is 51.9 Å². The van der Waals surface area contributed by atoms with Gasteiger partial charge in [-0.3, -0.25) is 15.0 Å². The van der Waals surface area contributed by atoms with E-state index < -0.39 is 6.03 Å². The topological polar surface area (TPSA) is 74.3 Å². The van der Waals surface area contributed by atoms with Gasteiger partial charge in [0.15, 0.2) is 0 Å². The van der Waals surface area contributed by atoms with Crippen molar-refractivity contribution < 1.29 is 9.59 Å². The van der Waals surface area contributed by atoms with Crippen LogP contribution in [-0.4, -0.2) is 47.5 Å². The molecule has 0 saturated carbocycles. The molecule has 1 unspecified atom stereocenters. The number of fused-ring (bicyclic) bond motifs is 1. The summed E-state index contributed by atoms with van der Waals surface area (Å²) in [6.07, 6.45) is 1.97. The number of urea groups is 1. The quantitative estimate of drug-likeness (QED) is 0.879. The smallest absolute Gasteiger partial charge is 0.321 e. The van der Waals surface area contributed by atoms with Gasteiger partial charge >= 0.3 is 6.03 Å². The minimum Gasteiger partial charge on any atom is -0.338 e. The van der Waals surface area contributed by atoms with Gasteiger partial charge in [0, 0.05) is 12.5 Å². The number of imide groups is 1. The number of carbonyl (C=O) groups is 2. The number of nitrogens with zero attached hydrogens (tertiary/aromatic N) is 2. The van der Waals surface area contributed by atoms with Crippen molar-refractivity contribution in [3.8, 4) is 0 Å². The molecule has 1 atom stereocenters. The number of hydrogen-bond acceptors (Lipinski definition) is 5. The normalized spacial score (nSPS) is 17.4. The zero-order chi connectivity index (χ0) is 17.8. The van der Waals surface area contributed by atoms with Crippen LogP contribution in [0, 0.1) is 0 Å². The fourth-order valence-electron chi connectivity index (χ4n) is 3.19. The molecule has 134 valence electrons. The van der Waals surface area contributed by atoms with Crippen LogP contribution < -0.4 is 10.6 Å². The Morgan fingerprint density at radius 2 is 2.04 bits per heavy atom. The largest absolute Gasteiger partial charge is 0.338 e. The second-order valence-electron chi connectivity index (χ2n) is 6.35. The van der Waals surface area contributed by atoms with Crippen LogP contribution in [0.2, 0.25) is 0 Å². The zero-order valence-corrected chi connectivity index (χ0v) is 15.4. The van der Waals surface area contributed by atoms with Crippen molar-refractivity contribution in [2.24, 2.45) is 0 Å². The summed E-state index contributed by atoms with van der Waals surface area (Å²) >= 11 is 1.77. The highest BCUT2D eigenvalue weighted by Crippen LogP contribution is 2.34. The van der Waals surface area contributed by atoms with Crippen molar-refractivity contribution in [2.75, 3.05) is 19.6 Å². The Hall–Kier alpha value is -1.99. The minimum absolute atomic E-state index is 0.246. The van der Waals surface area contributed by atoms with Crippen LogP contribution in [0.5, 0.6) is 0 Å². The van der Waals surface area contributed by atoms with E-state index in [1.54, 1.807) is 11.3 Å². The van der Waals surface area contributed by atoms with Gasteiger partial charge in [-0.2, -0.15) is 0 Å². The molecule has 7 heteroatoms. The predicted octanol–water partition coefficient (Wildman–Crippen LogP) is 2.71. The van der Waals surface area contributed by atoms with Gasteiger partial charge in [0.05, 0.1) is 21.3 Å². The number of nitrogens with one attached hydrogen (secondary N) is 2. The van der Waals surface area contributed by atoms with E-state index in [0.29, 0.717) is 12.5 Å². The van der Waals surface area contributed by atoms with E-state index in [-0.39, 0.29) is 11.9 Å². The van der Waals surface area contributed by atoms with Crippen molar-refractivity contribution in [1.29, 1.82) is 0 Å². The van der Waals surface area contributed by atoms with Crippen LogP contribution in [0.15, 0.2) is 24.3 Å². The Kier molecular flexibility index (Phi) is 5.65. The van der Waals surface area contributed by atoms with Gasteiger partial charge in [-0.15, -0.1) is 11.3 Å². The molecule has 0 spiro atoms. The molecule has 1 aromatic heterocycles. The molecule has 3 rings (SSSR count). The maximum atomic E-state index is 12.2. The van der Waals surface area contributed by atoms with Gasteiger partial charge in [0.2, 0.25) is 5.91 Å². The van der Waals surface area contributed by atoms with Gasteiger partial charge in [0.1, 0.15) is 0 Å². The first-order valence-electron chi connectivity index (χ1n) is 8.76. The second kappa shape index (κ2) is 7.93. The Labute approximate surface area is 151 Å². The Morgan fingerprint density at radius 3 is 2.72 bits per heavy atom. The molecular formula is C18H24N4O2S. The molecule has 1 aliphatic rings. The predicted molar refractivity (Wildman–Crippen MR) is 99.8 cm³/mol. The summed E-state index contributed by atoms with van der Waals surface area (Å²) in [6, 6.07) is 7.49. The number of aromatic nitrogens is 1. The van der Waals surface area contributed by atoms with Crippen molar-refractivity contribution in [3.05, 3.63) is 29.3 Å². The first-order chi connectivity index (χ1) is 12.1. The summed E-state index contributed by atoms with van der Waals surface area (Å²) in [4.78, 5) is 30.6. The molecule has 1 aromatic carbocycles. The SMILES string of the molecule is CCNC(=O)NC(=O)C(C)N1CCC(c2nc3ccccc3s2)CC1. The number of rotatable bonds is 4. The van der Waals surface area contributed by atoms with Gasteiger partial charge < -0.3 is 5.32 Å². The Morgan fingerprint density at radius 1 is 1.32 bits per heavy atom. The molecule has 25 heavy (non-hydrogen) atoms. The average molecular weight is 360 g/mol. The molecule has 1 fully saturated rings. The van der Waals surface area contributed by atoms with Crippen molar-refractivity contribution in [3.63, 3.8) is 0 Å². The number of amides is 3. The number of hydrogen-bond donors (Lipinski definition) is 2. The maximum Gasteiger partial charge on any atom is 0.321 e. The van der Waals surface area contributed by atoms with Crippen LogP contribution in [0.4, 0.5) is 4.79 Å². The third-order valence-electron chi connectivity index (χ3n) is 4.69. The Bertz CT molecular complexity index is 719. The van der Waals surface area contributed by atoms with Crippen LogP contribution in [0.1, 0.15) is 37.6 Å². The molecule has 2 N–H and O–H groups in total. The number of piperidine rings is 1. The van der Waals surface area contributed by atoms with Gasteiger partial charge in [-0.25, -0.2) is 9.78 Å². The van der Waals surface area contributed by atoms with E-state index in [2.05, 4.69) is 27.7 Å². The van der Waals surface area contributed by atoms with Crippen molar-refractivity contribution in [2.45, 2.75) is 38.6 Å². The molecular weight excluding hydrogens is 336 g/mol. The summed E-state index contributed by atoms with van der Waals surface area (Å²) < 4.78 is 1.23. The second-order valence-corrected chi connectivity index (χ2v) is 7.42. The number of likely N-dealkylation sites (tertiary alicyclic amines) is 1. The molecule has 3 amide bonds. The lowest BCUT2D eigenvalue weighted by molar-refractivity contribution is -0.125. The minimum atomic E-state index is -0.427. The zero-order valence-electron chi connectivity index (χ0n) is 14.6. The highest BCUT2D eigenvalue weighted by atomic mass is 32.1. The van der Waals surface area contributed by atoms with Crippen LogP contribution in [0.25, 0.3) is 10.2 Å². The van der Waals surface area contributed by atoms with E-state index in [1.165, 1.54) is 9.71 Å². The molecule has 1 saturated heterocycles. The fourth-order valence-corrected chi connectivity index (χ4v) is 4.32. The lowest BCUT2D eigenvalue weighted by Gasteiger charge is -2.34. The lowest BCUT2D eigenvalue weighted by atomic mass is 9.96. The summed E-state index contributed by atoms with van der Waals surface area (Å²) in [5.41, 5.74) is 1.07. The van der Waals surface area contributed by atoms with E-state index in [9.17, 15) is 9.59 Å². The van der Waals surface area contributed by atoms with E-state index >= 15 is 0 Å². The average Bonchev–Trinajstić information content (AvgIpc) is 3.05. The maximum absolute atomic E-state index is 12.2. The molecule has 0 aliphatic carbocycles. The van der Waals surface area contributed by atoms with Gasteiger partial charge in [0.25, 0.3) is 0 Å². The molecule has 1 aliphatic heterocycles. The third-order valence-corrected chi connectivity index (χ3v) is 5.89. The van der Waals surface area contributed by atoms with Crippen molar-refractivity contribution in [1.82, 2.24) is 20.5 Å². The van der Waals surface area contributed by atoms with E-state index in [1.807, 2.05) is 26.0 Å². The van der Waals surface area contributed by atoms with Crippen LogP contribution in [0.3, 0.4) is 0 Å². The summed E-state index contributed by atoms with van der Waals surface area (Å²) in [6.45, 7) is 5.85. The first kappa shape index (κ1) is 17.8. The van der Waals surface area contributed by atoms with Crippen LogP contribution >= 0.6 is 11.3 Å². The number of thiazole rings is 1. The highest BCUT2D eigenvalue weighted by molar-refractivity contribution is 7.18. The summed E-state index contributed by atoms with van der Waals surface area (Å²) in [5, 5.41) is 6.17. The van der Waals surface area contributed by atoms with Crippen molar-refractivity contribution >= 4 is 33.5 Å². The molecule has 0 bridgehead atoms. The molecule has 2 heterocycles. The number of carbonyl (C=O) groups excluding carboxylic acids is 2. The molecule has 2 aromatic rings. The van der Waals surface area contributed by atoms with Gasteiger partial charge in [-0.1, -0.05) is 12.1 Å². The van der Waals surface area contributed by atoms with Crippen LogP contribution in [-0.2, 0) is 4.79 Å². The molecule has 0 radical (unpaired) electrons. The Balaban J connectivity index is 1.56. The standard InChI is InChI=1S/C18H24N4O2S/c1-3-19-18(24)21-16(23)12(2)22-10-8-13(9-11-22)17-20-14-6-4-5-7-15(14)25-17/h4-7,12-13H,3,8-11H2,1-2H3,(H2,19,21,23,24). The molecule has 6 nitrogen and oxygen atoms in total.